The first-order chi connectivity index (χ1) is 9.83. The van der Waals surface area contributed by atoms with Crippen molar-refractivity contribution in [1.82, 2.24) is 10.3 Å². The highest BCUT2D eigenvalue weighted by molar-refractivity contribution is 5.25. The van der Waals surface area contributed by atoms with Crippen LogP contribution < -0.4 is 10.1 Å². The van der Waals surface area contributed by atoms with Crippen LogP contribution in [0.4, 0.5) is 0 Å². The molecule has 0 aliphatic heterocycles. The predicted molar refractivity (Wildman–Crippen MR) is 76.5 cm³/mol. The zero-order valence-corrected chi connectivity index (χ0v) is 11.8. The summed E-state index contributed by atoms with van der Waals surface area (Å²) in [6.07, 6.45) is 5.16. The standard InChI is InChI=1S/C16H20N2O2/c1-2-13-8-12(10-17-14-5-6-14)9-16(18-13)20-11-15-4-3-7-19-15/h3-4,7-9,14,17H,2,5-6,10-11H2,1H3. The number of hydrogen-bond donors (Lipinski definition) is 1. The molecule has 106 valence electrons. The summed E-state index contributed by atoms with van der Waals surface area (Å²) in [7, 11) is 0. The topological polar surface area (TPSA) is 47.3 Å². The van der Waals surface area contributed by atoms with Crippen LogP contribution in [0.3, 0.4) is 0 Å². The lowest BCUT2D eigenvalue weighted by Gasteiger charge is -2.09. The van der Waals surface area contributed by atoms with Gasteiger partial charge >= 0.3 is 0 Å². The van der Waals surface area contributed by atoms with E-state index in [0.717, 1.165) is 24.4 Å². The smallest absolute Gasteiger partial charge is 0.214 e. The van der Waals surface area contributed by atoms with Crippen molar-refractivity contribution >= 4 is 0 Å². The van der Waals surface area contributed by atoms with Crippen molar-refractivity contribution in [2.24, 2.45) is 0 Å². The Morgan fingerprint density at radius 1 is 1.40 bits per heavy atom. The molecule has 4 heteroatoms. The van der Waals surface area contributed by atoms with Gasteiger partial charge in [-0.2, -0.15) is 0 Å². The van der Waals surface area contributed by atoms with Crippen LogP contribution in [-0.4, -0.2) is 11.0 Å². The molecule has 1 saturated carbocycles. The highest BCUT2D eigenvalue weighted by Crippen LogP contribution is 2.20. The summed E-state index contributed by atoms with van der Waals surface area (Å²) in [4.78, 5) is 4.50. The van der Waals surface area contributed by atoms with Crippen molar-refractivity contribution in [3.63, 3.8) is 0 Å². The van der Waals surface area contributed by atoms with E-state index in [-0.39, 0.29) is 0 Å². The normalized spacial score (nSPS) is 14.4. The summed E-state index contributed by atoms with van der Waals surface area (Å²) in [5.41, 5.74) is 2.30. The van der Waals surface area contributed by atoms with Crippen molar-refractivity contribution in [2.75, 3.05) is 0 Å². The number of aromatic nitrogens is 1. The molecule has 2 aromatic rings. The molecule has 0 aromatic carbocycles. The summed E-state index contributed by atoms with van der Waals surface area (Å²) >= 11 is 0. The molecular weight excluding hydrogens is 252 g/mol. The van der Waals surface area contributed by atoms with Gasteiger partial charge in [-0.05, 0) is 43.0 Å². The lowest BCUT2D eigenvalue weighted by molar-refractivity contribution is 0.259. The second-order valence-corrected chi connectivity index (χ2v) is 5.18. The summed E-state index contributed by atoms with van der Waals surface area (Å²) < 4.78 is 11.0. The van der Waals surface area contributed by atoms with Crippen molar-refractivity contribution in [1.29, 1.82) is 0 Å². The lowest BCUT2D eigenvalue weighted by atomic mass is 10.2. The summed E-state index contributed by atoms with van der Waals surface area (Å²) in [6.45, 7) is 3.41. The zero-order chi connectivity index (χ0) is 13.8. The van der Waals surface area contributed by atoms with E-state index in [2.05, 4.69) is 23.3 Å². The van der Waals surface area contributed by atoms with Gasteiger partial charge in [0.05, 0.1) is 6.26 Å². The maximum atomic E-state index is 5.72. The Labute approximate surface area is 119 Å². The monoisotopic (exact) mass is 272 g/mol. The quantitative estimate of drug-likeness (QED) is 0.841. The fraction of sp³-hybridized carbons (Fsp3) is 0.438. The van der Waals surface area contributed by atoms with Crippen LogP contribution in [0.2, 0.25) is 0 Å². The first-order valence-corrected chi connectivity index (χ1v) is 7.22. The molecule has 2 heterocycles. The van der Waals surface area contributed by atoms with Gasteiger partial charge in [0.1, 0.15) is 12.4 Å². The number of furan rings is 1. The molecule has 4 nitrogen and oxygen atoms in total. The Balaban J connectivity index is 1.66. The van der Waals surface area contributed by atoms with Crippen LogP contribution in [0.5, 0.6) is 5.88 Å². The van der Waals surface area contributed by atoms with Crippen LogP contribution in [-0.2, 0) is 19.6 Å². The van der Waals surface area contributed by atoms with Crippen LogP contribution in [0, 0.1) is 0 Å². The number of aryl methyl sites for hydroxylation is 1. The average Bonchev–Trinajstić information content (AvgIpc) is 3.16. The fourth-order valence-corrected chi connectivity index (χ4v) is 2.07. The maximum absolute atomic E-state index is 5.72. The molecule has 0 bridgehead atoms. The maximum Gasteiger partial charge on any atom is 0.214 e. The van der Waals surface area contributed by atoms with Gasteiger partial charge < -0.3 is 14.5 Å². The predicted octanol–water partition coefficient (Wildman–Crippen LogP) is 3.07. The Kier molecular flexibility index (Phi) is 4.02. The van der Waals surface area contributed by atoms with Crippen LogP contribution in [0.1, 0.15) is 36.8 Å². The van der Waals surface area contributed by atoms with Gasteiger partial charge in [0.15, 0.2) is 0 Å². The highest BCUT2D eigenvalue weighted by atomic mass is 16.5. The molecule has 1 aliphatic carbocycles. The Bertz CT molecular complexity index is 548. The summed E-state index contributed by atoms with van der Waals surface area (Å²) in [6, 6.07) is 8.63. The van der Waals surface area contributed by atoms with Crippen molar-refractivity contribution in [3.05, 3.63) is 47.5 Å². The molecule has 0 saturated heterocycles. The van der Waals surface area contributed by atoms with Gasteiger partial charge in [0, 0.05) is 24.3 Å². The number of nitrogens with one attached hydrogen (secondary N) is 1. The number of ether oxygens (including phenoxy) is 1. The molecule has 1 aliphatic rings. The van der Waals surface area contributed by atoms with Gasteiger partial charge in [-0.25, -0.2) is 4.98 Å². The van der Waals surface area contributed by atoms with Gasteiger partial charge in [-0.1, -0.05) is 6.92 Å². The largest absolute Gasteiger partial charge is 0.469 e. The van der Waals surface area contributed by atoms with Gasteiger partial charge in [0.25, 0.3) is 0 Å². The van der Waals surface area contributed by atoms with E-state index < -0.39 is 0 Å². The van der Waals surface area contributed by atoms with Crippen molar-refractivity contribution < 1.29 is 9.15 Å². The third-order valence-corrected chi connectivity index (χ3v) is 3.39. The molecule has 1 fully saturated rings. The Morgan fingerprint density at radius 3 is 3.00 bits per heavy atom. The lowest BCUT2D eigenvalue weighted by Crippen LogP contribution is -2.15. The first kappa shape index (κ1) is 13.2. The minimum absolute atomic E-state index is 0.419. The Morgan fingerprint density at radius 2 is 2.30 bits per heavy atom. The van der Waals surface area contributed by atoms with E-state index in [0.29, 0.717) is 18.5 Å². The molecule has 0 amide bonds. The van der Waals surface area contributed by atoms with Crippen molar-refractivity contribution in [3.8, 4) is 5.88 Å². The summed E-state index contributed by atoms with van der Waals surface area (Å²) in [5, 5.41) is 3.52. The minimum atomic E-state index is 0.419. The molecule has 0 spiro atoms. The average molecular weight is 272 g/mol. The molecular formula is C16H20N2O2. The molecule has 0 atom stereocenters. The van der Waals surface area contributed by atoms with Gasteiger partial charge in [-0.3, -0.25) is 0 Å². The number of pyridine rings is 1. The minimum Gasteiger partial charge on any atom is -0.469 e. The molecule has 0 radical (unpaired) electrons. The van der Waals surface area contributed by atoms with E-state index in [4.69, 9.17) is 9.15 Å². The third-order valence-electron chi connectivity index (χ3n) is 3.39. The molecule has 20 heavy (non-hydrogen) atoms. The highest BCUT2D eigenvalue weighted by Gasteiger charge is 2.20. The Hall–Kier alpha value is -1.81. The first-order valence-electron chi connectivity index (χ1n) is 7.22. The SMILES string of the molecule is CCc1cc(CNC2CC2)cc(OCc2ccco2)n1. The van der Waals surface area contributed by atoms with E-state index >= 15 is 0 Å². The molecule has 0 unspecified atom stereocenters. The van der Waals surface area contributed by atoms with Crippen LogP contribution >= 0.6 is 0 Å². The second-order valence-electron chi connectivity index (χ2n) is 5.18. The number of hydrogen-bond acceptors (Lipinski definition) is 4. The molecule has 3 rings (SSSR count). The van der Waals surface area contributed by atoms with E-state index in [1.165, 1.54) is 18.4 Å². The van der Waals surface area contributed by atoms with E-state index in [9.17, 15) is 0 Å². The van der Waals surface area contributed by atoms with Crippen LogP contribution in [0.15, 0.2) is 34.9 Å². The zero-order valence-electron chi connectivity index (χ0n) is 11.8. The van der Waals surface area contributed by atoms with Crippen LogP contribution in [0.25, 0.3) is 0 Å². The summed E-state index contributed by atoms with van der Waals surface area (Å²) in [5.74, 6) is 1.49. The fourth-order valence-electron chi connectivity index (χ4n) is 2.07. The number of rotatable bonds is 7. The van der Waals surface area contributed by atoms with Crippen molar-refractivity contribution in [2.45, 2.75) is 45.4 Å². The van der Waals surface area contributed by atoms with Gasteiger partial charge in [-0.15, -0.1) is 0 Å². The molecule has 1 N–H and O–H groups in total. The van der Waals surface area contributed by atoms with Gasteiger partial charge in [0.2, 0.25) is 5.88 Å². The van der Waals surface area contributed by atoms with E-state index in [1.54, 1.807) is 6.26 Å². The number of nitrogens with zero attached hydrogens (tertiary/aromatic N) is 1. The van der Waals surface area contributed by atoms with E-state index in [1.807, 2.05) is 18.2 Å². The second kappa shape index (κ2) is 6.09. The third kappa shape index (κ3) is 3.61. The molecule has 2 aromatic heterocycles.